The highest BCUT2D eigenvalue weighted by molar-refractivity contribution is 9.10. The smallest absolute Gasteiger partial charge is 0.310 e. The Labute approximate surface area is 174 Å². The van der Waals surface area contributed by atoms with Crippen molar-refractivity contribution in [1.82, 2.24) is 0 Å². The van der Waals surface area contributed by atoms with E-state index >= 15 is 0 Å². The van der Waals surface area contributed by atoms with Gasteiger partial charge in [0.25, 0.3) is 0 Å². The van der Waals surface area contributed by atoms with Crippen LogP contribution >= 0.6 is 15.9 Å². The summed E-state index contributed by atoms with van der Waals surface area (Å²) in [4.78, 5) is 12.1. The molecule has 0 aliphatic carbocycles. The van der Waals surface area contributed by atoms with Crippen LogP contribution in [0.2, 0.25) is 0 Å². The first-order valence-corrected chi connectivity index (χ1v) is 9.94. The fraction of sp³-hybridized carbons (Fsp3) is 0.409. The Morgan fingerprint density at radius 3 is 2.32 bits per heavy atom. The predicted octanol–water partition coefficient (Wildman–Crippen LogP) is 5.18. The van der Waals surface area contributed by atoms with Crippen LogP contribution in [-0.2, 0) is 27.8 Å². The molecule has 0 bridgehead atoms. The third-order valence-electron chi connectivity index (χ3n) is 5.38. The summed E-state index contributed by atoms with van der Waals surface area (Å²) in [6.45, 7) is 6.38. The first-order chi connectivity index (χ1) is 13.3. The van der Waals surface area contributed by atoms with E-state index in [4.69, 9.17) is 18.9 Å². The van der Waals surface area contributed by atoms with Gasteiger partial charge in [-0.2, -0.15) is 0 Å². The molecule has 3 rings (SSSR count). The van der Waals surface area contributed by atoms with Gasteiger partial charge in [-0.1, -0.05) is 26.8 Å². The molecular weight excluding hydrogens is 424 g/mol. The van der Waals surface area contributed by atoms with Gasteiger partial charge in [-0.15, -0.1) is 0 Å². The fourth-order valence-corrected chi connectivity index (χ4v) is 4.47. The van der Waals surface area contributed by atoms with Crippen molar-refractivity contribution < 1.29 is 23.7 Å². The third kappa shape index (κ3) is 3.13. The third-order valence-corrected chi connectivity index (χ3v) is 5.96. The second-order valence-electron chi connectivity index (χ2n) is 7.20. The van der Waals surface area contributed by atoms with E-state index in [0.717, 1.165) is 39.1 Å². The number of esters is 1. The van der Waals surface area contributed by atoms with Crippen LogP contribution in [0, 0.1) is 0 Å². The van der Waals surface area contributed by atoms with Crippen molar-refractivity contribution in [3.05, 3.63) is 44.9 Å². The largest absolute Gasteiger partial charge is 0.496 e. The molecule has 1 aliphatic heterocycles. The maximum absolute atomic E-state index is 12.1. The molecule has 0 radical (unpaired) electrons. The number of hydrogen-bond acceptors (Lipinski definition) is 5. The van der Waals surface area contributed by atoms with Crippen LogP contribution in [0.5, 0.6) is 23.0 Å². The highest BCUT2D eigenvalue weighted by Crippen LogP contribution is 2.54. The molecule has 6 heteroatoms. The Hall–Kier alpha value is -2.21. The predicted molar refractivity (Wildman–Crippen MR) is 111 cm³/mol. The summed E-state index contributed by atoms with van der Waals surface area (Å²) in [5, 5.41) is 0. The van der Waals surface area contributed by atoms with Gasteiger partial charge < -0.3 is 18.9 Å². The molecule has 0 saturated carbocycles. The first-order valence-electron chi connectivity index (χ1n) is 9.14. The molecule has 0 fully saturated rings. The zero-order valence-electron chi connectivity index (χ0n) is 17.1. The fourth-order valence-electron chi connectivity index (χ4n) is 3.84. The van der Waals surface area contributed by atoms with Gasteiger partial charge in [-0.3, -0.25) is 4.79 Å². The molecule has 0 saturated heterocycles. The van der Waals surface area contributed by atoms with Gasteiger partial charge >= 0.3 is 5.97 Å². The van der Waals surface area contributed by atoms with Gasteiger partial charge in [0.05, 0.1) is 32.2 Å². The van der Waals surface area contributed by atoms with Crippen LogP contribution in [0.3, 0.4) is 0 Å². The maximum Gasteiger partial charge on any atom is 0.310 e. The summed E-state index contributed by atoms with van der Waals surface area (Å²) in [7, 11) is 4.61. The maximum atomic E-state index is 12.1. The molecule has 150 valence electrons. The zero-order valence-corrected chi connectivity index (χ0v) is 18.7. The van der Waals surface area contributed by atoms with Crippen molar-refractivity contribution in [3.8, 4) is 23.0 Å². The highest BCUT2D eigenvalue weighted by atomic mass is 79.9. The Kier molecular flexibility index (Phi) is 5.62. The van der Waals surface area contributed by atoms with E-state index in [1.54, 1.807) is 14.2 Å². The normalized spacial score (nSPS) is 13.8. The minimum Gasteiger partial charge on any atom is -0.496 e. The van der Waals surface area contributed by atoms with Crippen LogP contribution in [0.25, 0.3) is 0 Å². The minimum atomic E-state index is -0.354. The van der Waals surface area contributed by atoms with E-state index < -0.39 is 0 Å². The van der Waals surface area contributed by atoms with E-state index in [0.29, 0.717) is 17.1 Å². The Balaban J connectivity index is 2.32. The first kappa shape index (κ1) is 20.5. The quantitative estimate of drug-likeness (QED) is 0.590. The van der Waals surface area contributed by atoms with Crippen molar-refractivity contribution in [2.75, 3.05) is 21.3 Å². The number of carbonyl (C=O) groups is 1. The Morgan fingerprint density at radius 2 is 1.75 bits per heavy atom. The second kappa shape index (κ2) is 7.66. The van der Waals surface area contributed by atoms with E-state index in [1.165, 1.54) is 7.11 Å². The van der Waals surface area contributed by atoms with Gasteiger partial charge in [0.1, 0.15) is 23.0 Å². The lowest BCUT2D eigenvalue weighted by Crippen LogP contribution is -2.26. The molecule has 2 aromatic carbocycles. The molecule has 0 unspecified atom stereocenters. The van der Waals surface area contributed by atoms with E-state index in [1.807, 2.05) is 18.2 Å². The van der Waals surface area contributed by atoms with Crippen molar-refractivity contribution in [1.29, 1.82) is 0 Å². The molecular formula is C22H25BrO5. The van der Waals surface area contributed by atoms with Gasteiger partial charge in [0, 0.05) is 27.7 Å². The van der Waals surface area contributed by atoms with Gasteiger partial charge in [0.15, 0.2) is 0 Å². The van der Waals surface area contributed by atoms with Gasteiger partial charge in [0.2, 0.25) is 0 Å². The average molecular weight is 449 g/mol. The molecule has 0 aromatic heterocycles. The number of halogens is 1. The van der Waals surface area contributed by atoms with Gasteiger partial charge in [-0.25, -0.2) is 0 Å². The Bertz CT molecular complexity index is 933. The summed E-state index contributed by atoms with van der Waals surface area (Å²) in [5.41, 5.74) is 3.41. The molecule has 0 spiro atoms. The number of benzene rings is 2. The summed E-state index contributed by atoms with van der Waals surface area (Å²) in [6.07, 6.45) is 0.816. The number of ether oxygens (including phenoxy) is 4. The van der Waals surface area contributed by atoms with Crippen molar-refractivity contribution >= 4 is 21.9 Å². The highest BCUT2D eigenvalue weighted by Gasteiger charge is 2.39. The monoisotopic (exact) mass is 448 g/mol. The number of carbonyl (C=O) groups excluding carboxylic acids is 1. The van der Waals surface area contributed by atoms with Crippen molar-refractivity contribution in [2.24, 2.45) is 0 Å². The van der Waals surface area contributed by atoms with Crippen molar-refractivity contribution in [3.63, 3.8) is 0 Å². The molecule has 1 heterocycles. The van der Waals surface area contributed by atoms with Crippen LogP contribution < -0.4 is 14.2 Å². The molecule has 2 aromatic rings. The Morgan fingerprint density at radius 1 is 1.07 bits per heavy atom. The van der Waals surface area contributed by atoms with E-state index in [2.05, 4.69) is 36.7 Å². The molecule has 1 aliphatic rings. The zero-order chi connectivity index (χ0) is 20.6. The molecule has 0 atom stereocenters. The lowest BCUT2D eigenvalue weighted by molar-refractivity contribution is -0.139. The minimum absolute atomic E-state index is 0.0539. The van der Waals surface area contributed by atoms with Crippen LogP contribution in [-0.4, -0.2) is 27.3 Å². The summed E-state index contributed by atoms with van der Waals surface area (Å²) < 4.78 is 23.3. The number of rotatable bonds is 5. The van der Waals surface area contributed by atoms with Crippen molar-refractivity contribution in [2.45, 2.75) is 39.0 Å². The number of methoxy groups -OCH3 is 3. The topological polar surface area (TPSA) is 54.0 Å². The van der Waals surface area contributed by atoms with E-state index in [9.17, 15) is 4.79 Å². The van der Waals surface area contributed by atoms with Crippen LogP contribution in [0.4, 0.5) is 0 Å². The number of fused-ring (bicyclic) bond motifs is 2. The lowest BCUT2D eigenvalue weighted by Gasteiger charge is -2.37. The number of hydrogen-bond donors (Lipinski definition) is 0. The summed E-state index contributed by atoms with van der Waals surface area (Å²) in [5.74, 6) is 2.44. The molecule has 0 N–H and O–H groups in total. The molecule has 28 heavy (non-hydrogen) atoms. The summed E-state index contributed by atoms with van der Waals surface area (Å²) in [6, 6.07) is 6.05. The standard InChI is InChI=1S/C22H25BrO5/c1-7-12-17(25-4)9-8-14-19(12)28-20-13(10-18(24)26-5)21(27-6)16(23)11-15(20)22(14,2)3/h8-9,11H,7,10H2,1-6H3. The molecule has 5 nitrogen and oxygen atoms in total. The van der Waals surface area contributed by atoms with Gasteiger partial charge in [-0.05, 0) is 34.5 Å². The average Bonchev–Trinajstić information content (AvgIpc) is 2.68. The SMILES string of the molecule is CCc1c(OC)ccc2c1Oc1c(cc(Br)c(OC)c1CC(=O)OC)C2(C)C. The molecule has 0 amide bonds. The van der Waals surface area contributed by atoms with E-state index in [-0.39, 0.29) is 17.8 Å². The van der Waals surface area contributed by atoms with Crippen LogP contribution in [0.1, 0.15) is 43.0 Å². The summed E-state index contributed by atoms with van der Waals surface area (Å²) >= 11 is 3.59. The lowest BCUT2D eigenvalue weighted by atomic mass is 9.74. The second-order valence-corrected chi connectivity index (χ2v) is 8.06. The van der Waals surface area contributed by atoms with Crippen LogP contribution in [0.15, 0.2) is 22.7 Å².